The SMILES string of the molecule is CCN(CC)CCNC(=O)c1cccc2c(=O)cc(-c3ccc(Cl)cc3)oc12. The Hall–Kier alpha value is -2.63. The van der Waals surface area contributed by atoms with Gasteiger partial charge in [-0.15, -0.1) is 0 Å². The summed E-state index contributed by atoms with van der Waals surface area (Å²) < 4.78 is 5.98. The van der Waals surface area contributed by atoms with Crippen molar-refractivity contribution < 1.29 is 9.21 Å². The first kappa shape index (κ1) is 20.1. The summed E-state index contributed by atoms with van der Waals surface area (Å²) in [5, 5.41) is 3.90. The third-order valence-corrected chi connectivity index (χ3v) is 4.99. The molecule has 0 saturated carbocycles. The molecule has 0 aliphatic rings. The van der Waals surface area contributed by atoms with Gasteiger partial charge in [-0.2, -0.15) is 0 Å². The van der Waals surface area contributed by atoms with Gasteiger partial charge in [-0.25, -0.2) is 0 Å². The zero-order chi connectivity index (χ0) is 20.1. The first-order chi connectivity index (χ1) is 13.5. The lowest BCUT2D eigenvalue weighted by molar-refractivity contribution is 0.0949. The topological polar surface area (TPSA) is 62.6 Å². The number of fused-ring (bicyclic) bond motifs is 1. The van der Waals surface area contributed by atoms with E-state index >= 15 is 0 Å². The summed E-state index contributed by atoms with van der Waals surface area (Å²) in [5.41, 5.74) is 1.18. The van der Waals surface area contributed by atoms with Gasteiger partial charge in [0, 0.05) is 29.7 Å². The Morgan fingerprint density at radius 3 is 2.50 bits per heavy atom. The van der Waals surface area contributed by atoms with Crippen molar-refractivity contribution in [2.45, 2.75) is 13.8 Å². The first-order valence-corrected chi connectivity index (χ1v) is 9.74. The van der Waals surface area contributed by atoms with Crippen LogP contribution >= 0.6 is 11.6 Å². The van der Waals surface area contributed by atoms with Crippen LogP contribution in [0.1, 0.15) is 24.2 Å². The van der Waals surface area contributed by atoms with E-state index < -0.39 is 0 Å². The summed E-state index contributed by atoms with van der Waals surface area (Å²) in [4.78, 5) is 27.5. The van der Waals surface area contributed by atoms with Gasteiger partial charge in [0.15, 0.2) is 11.0 Å². The highest BCUT2D eigenvalue weighted by Gasteiger charge is 2.15. The molecule has 3 rings (SSSR count). The third-order valence-electron chi connectivity index (χ3n) is 4.74. The van der Waals surface area contributed by atoms with Crippen LogP contribution in [0.3, 0.4) is 0 Å². The largest absolute Gasteiger partial charge is 0.455 e. The Balaban J connectivity index is 1.93. The fourth-order valence-corrected chi connectivity index (χ4v) is 3.20. The normalized spacial score (nSPS) is 11.1. The van der Waals surface area contributed by atoms with E-state index in [1.807, 2.05) is 0 Å². The minimum atomic E-state index is -0.255. The summed E-state index contributed by atoms with van der Waals surface area (Å²) in [6.45, 7) is 7.33. The van der Waals surface area contributed by atoms with E-state index in [1.165, 1.54) is 6.07 Å². The third kappa shape index (κ3) is 4.43. The lowest BCUT2D eigenvalue weighted by atomic mass is 10.1. The Morgan fingerprint density at radius 1 is 1.11 bits per heavy atom. The van der Waals surface area contributed by atoms with E-state index in [-0.39, 0.29) is 11.3 Å². The van der Waals surface area contributed by atoms with E-state index in [9.17, 15) is 9.59 Å². The molecule has 0 bridgehead atoms. The van der Waals surface area contributed by atoms with Gasteiger partial charge in [0.25, 0.3) is 5.91 Å². The number of carbonyl (C=O) groups excluding carboxylic acids is 1. The van der Waals surface area contributed by atoms with Gasteiger partial charge in [0.2, 0.25) is 0 Å². The molecule has 0 unspecified atom stereocenters. The number of hydrogen-bond acceptors (Lipinski definition) is 4. The van der Waals surface area contributed by atoms with Crippen LogP contribution in [0, 0.1) is 0 Å². The molecule has 0 fully saturated rings. The average Bonchev–Trinajstić information content (AvgIpc) is 2.71. The van der Waals surface area contributed by atoms with Gasteiger partial charge >= 0.3 is 0 Å². The lowest BCUT2D eigenvalue weighted by Crippen LogP contribution is -2.34. The van der Waals surface area contributed by atoms with Crippen LogP contribution in [-0.2, 0) is 0 Å². The minimum Gasteiger partial charge on any atom is -0.455 e. The summed E-state index contributed by atoms with van der Waals surface area (Å²) in [5.74, 6) is 0.145. The fourth-order valence-electron chi connectivity index (χ4n) is 3.08. The molecule has 1 N–H and O–H groups in total. The molecule has 0 saturated heterocycles. The molecule has 28 heavy (non-hydrogen) atoms. The number of hydrogen-bond donors (Lipinski definition) is 1. The van der Waals surface area contributed by atoms with Crippen molar-refractivity contribution in [2.24, 2.45) is 0 Å². The molecule has 5 nitrogen and oxygen atoms in total. The first-order valence-electron chi connectivity index (χ1n) is 9.36. The van der Waals surface area contributed by atoms with Crippen molar-refractivity contribution in [3.8, 4) is 11.3 Å². The van der Waals surface area contributed by atoms with Crippen LogP contribution in [0.5, 0.6) is 0 Å². The average molecular weight is 399 g/mol. The van der Waals surface area contributed by atoms with Gasteiger partial charge in [-0.3, -0.25) is 9.59 Å². The zero-order valence-electron chi connectivity index (χ0n) is 16.0. The number of likely N-dealkylation sites (N-methyl/N-ethyl adjacent to an activating group) is 1. The summed E-state index contributed by atoms with van der Waals surface area (Å²) in [6, 6.07) is 13.5. The molecule has 1 heterocycles. The number of carbonyl (C=O) groups is 1. The van der Waals surface area contributed by atoms with Crippen LogP contribution < -0.4 is 10.7 Å². The van der Waals surface area contributed by atoms with Crippen LogP contribution in [0.25, 0.3) is 22.3 Å². The number of halogens is 1. The van der Waals surface area contributed by atoms with Crippen LogP contribution in [0.4, 0.5) is 0 Å². The smallest absolute Gasteiger partial charge is 0.255 e. The Morgan fingerprint density at radius 2 is 1.82 bits per heavy atom. The monoisotopic (exact) mass is 398 g/mol. The molecular weight excluding hydrogens is 376 g/mol. The lowest BCUT2D eigenvalue weighted by Gasteiger charge is -2.18. The molecule has 1 amide bonds. The second-order valence-corrected chi connectivity index (χ2v) is 6.88. The van der Waals surface area contributed by atoms with Crippen molar-refractivity contribution in [1.29, 1.82) is 0 Å². The van der Waals surface area contributed by atoms with Crippen molar-refractivity contribution in [2.75, 3.05) is 26.2 Å². The molecule has 0 radical (unpaired) electrons. The maximum Gasteiger partial charge on any atom is 0.255 e. The minimum absolute atomic E-state index is 0.191. The van der Waals surface area contributed by atoms with Crippen molar-refractivity contribution >= 4 is 28.5 Å². The summed E-state index contributed by atoms with van der Waals surface area (Å²) in [6.07, 6.45) is 0. The molecule has 0 atom stereocenters. The Bertz CT molecular complexity index is 1020. The number of benzene rings is 2. The Labute approximate surface area is 168 Å². The van der Waals surface area contributed by atoms with Crippen molar-refractivity contribution in [3.05, 3.63) is 69.3 Å². The predicted molar refractivity (Wildman–Crippen MR) is 113 cm³/mol. The maximum absolute atomic E-state index is 12.7. The van der Waals surface area contributed by atoms with Crippen LogP contribution in [-0.4, -0.2) is 37.0 Å². The quantitative estimate of drug-likeness (QED) is 0.648. The second-order valence-electron chi connectivity index (χ2n) is 6.45. The van der Waals surface area contributed by atoms with E-state index in [4.69, 9.17) is 16.0 Å². The molecule has 0 spiro atoms. The molecule has 0 aliphatic carbocycles. The van der Waals surface area contributed by atoms with E-state index in [0.29, 0.717) is 33.9 Å². The number of para-hydroxylation sites is 1. The fraction of sp³-hybridized carbons (Fsp3) is 0.273. The molecule has 6 heteroatoms. The zero-order valence-corrected chi connectivity index (χ0v) is 16.8. The highest BCUT2D eigenvalue weighted by atomic mass is 35.5. The van der Waals surface area contributed by atoms with Gasteiger partial charge < -0.3 is 14.6 Å². The van der Waals surface area contributed by atoms with Gasteiger partial charge in [-0.05, 0) is 49.5 Å². The number of nitrogens with zero attached hydrogens (tertiary/aromatic N) is 1. The van der Waals surface area contributed by atoms with E-state index in [0.717, 1.165) is 25.2 Å². The molecule has 2 aromatic carbocycles. The molecule has 3 aromatic rings. The van der Waals surface area contributed by atoms with E-state index in [2.05, 4.69) is 24.1 Å². The molecule has 1 aromatic heterocycles. The summed E-state index contributed by atoms with van der Waals surface area (Å²) >= 11 is 5.94. The Kier molecular flexibility index (Phi) is 6.49. The summed E-state index contributed by atoms with van der Waals surface area (Å²) in [7, 11) is 0. The molecular formula is C22H23ClN2O3. The maximum atomic E-state index is 12.7. The number of amides is 1. The number of nitrogens with one attached hydrogen (secondary N) is 1. The molecule has 0 aliphatic heterocycles. The van der Waals surface area contributed by atoms with Gasteiger partial charge in [0.05, 0.1) is 10.9 Å². The van der Waals surface area contributed by atoms with Crippen LogP contribution in [0.15, 0.2) is 57.7 Å². The molecule has 146 valence electrons. The van der Waals surface area contributed by atoms with Crippen molar-refractivity contribution in [1.82, 2.24) is 10.2 Å². The van der Waals surface area contributed by atoms with E-state index in [1.54, 1.807) is 42.5 Å². The number of rotatable bonds is 7. The predicted octanol–water partition coefficient (Wildman–Crippen LogP) is 4.19. The van der Waals surface area contributed by atoms with Crippen molar-refractivity contribution in [3.63, 3.8) is 0 Å². The van der Waals surface area contributed by atoms with Crippen LogP contribution in [0.2, 0.25) is 5.02 Å². The second kappa shape index (κ2) is 9.04. The highest BCUT2D eigenvalue weighted by Crippen LogP contribution is 2.25. The van der Waals surface area contributed by atoms with Gasteiger partial charge in [0.1, 0.15) is 5.76 Å². The highest BCUT2D eigenvalue weighted by molar-refractivity contribution is 6.30. The van der Waals surface area contributed by atoms with Gasteiger partial charge in [-0.1, -0.05) is 31.5 Å². The standard InChI is InChI=1S/C22H23ClN2O3/c1-3-25(4-2)13-12-24-22(27)18-7-5-6-17-19(26)14-20(28-21(17)18)15-8-10-16(23)11-9-15/h5-11,14H,3-4,12-13H2,1-2H3,(H,24,27).